The van der Waals surface area contributed by atoms with Crippen molar-refractivity contribution in [1.29, 1.82) is 0 Å². The van der Waals surface area contributed by atoms with Crippen molar-refractivity contribution in [3.8, 4) is 5.75 Å². The lowest BCUT2D eigenvalue weighted by Gasteiger charge is -2.23. The van der Waals surface area contributed by atoms with E-state index < -0.39 is 10.0 Å². The van der Waals surface area contributed by atoms with E-state index in [-0.39, 0.29) is 4.90 Å². The zero-order valence-corrected chi connectivity index (χ0v) is 19.3. The highest BCUT2D eigenvalue weighted by molar-refractivity contribution is 7.92. The highest BCUT2D eigenvalue weighted by atomic mass is 32.2. The van der Waals surface area contributed by atoms with Crippen molar-refractivity contribution >= 4 is 44.4 Å². The van der Waals surface area contributed by atoms with Gasteiger partial charge in [-0.2, -0.15) is 0 Å². The predicted molar refractivity (Wildman–Crippen MR) is 131 cm³/mol. The molecule has 0 fully saturated rings. The smallest absolute Gasteiger partial charge is 0.264 e. The first kappa shape index (κ1) is 22.6. The summed E-state index contributed by atoms with van der Waals surface area (Å²) in [7, 11) is -2.26. The van der Waals surface area contributed by atoms with Crippen molar-refractivity contribution in [2.24, 2.45) is 0 Å². The van der Waals surface area contributed by atoms with E-state index in [9.17, 15) is 8.42 Å². The van der Waals surface area contributed by atoms with Crippen LogP contribution in [0.3, 0.4) is 0 Å². The van der Waals surface area contributed by atoms with Crippen LogP contribution in [0.15, 0.2) is 77.7 Å². The number of aryl methyl sites for hydroxylation is 1. The molecule has 0 bridgehead atoms. The lowest BCUT2D eigenvalue weighted by atomic mass is 10.2. The highest BCUT2D eigenvalue weighted by Gasteiger charge is 2.24. The van der Waals surface area contributed by atoms with Crippen molar-refractivity contribution < 1.29 is 13.2 Å². The third-order valence-corrected chi connectivity index (χ3v) is 6.75. The van der Waals surface area contributed by atoms with Gasteiger partial charge < -0.3 is 15.4 Å². The van der Waals surface area contributed by atoms with Crippen molar-refractivity contribution in [2.45, 2.75) is 18.7 Å². The molecule has 3 rings (SSSR count). The van der Waals surface area contributed by atoms with E-state index >= 15 is 0 Å². The topological polar surface area (TPSA) is 70.7 Å². The molecule has 0 atom stereocenters. The first-order valence-corrected chi connectivity index (χ1v) is 11.6. The van der Waals surface area contributed by atoms with E-state index in [1.54, 1.807) is 25.1 Å². The van der Waals surface area contributed by atoms with Crippen LogP contribution in [0.25, 0.3) is 0 Å². The number of hydrogen-bond acceptors (Lipinski definition) is 4. The largest absolute Gasteiger partial charge is 0.495 e. The van der Waals surface area contributed by atoms with Gasteiger partial charge in [0, 0.05) is 12.2 Å². The quantitative estimate of drug-likeness (QED) is 0.487. The average molecular weight is 456 g/mol. The molecule has 0 aromatic heterocycles. The Morgan fingerprint density at radius 3 is 2.29 bits per heavy atom. The molecule has 0 spiro atoms. The molecule has 0 aliphatic heterocycles. The zero-order chi connectivity index (χ0) is 22.4. The minimum atomic E-state index is -3.78. The van der Waals surface area contributed by atoms with E-state index in [1.807, 2.05) is 49.4 Å². The Morgan fingerprint density at radius 2 is 1.68 bits per heavy atom. The monoisotopic (exact) mass is 455 g/mol. The van der Waals surface area contributed by atoms with Crippen molar-refractivity contribution in [3.63, 3.8) is 0 Å². The number of nitrogens with zero attached hydrogens (tertiary/aromatic N) is 1. The summed E-state index contributed by atoms with van der Waals surface area (Å²) in [5, 5.41) is 6.46. The molecule has 3 aromatic carbocycles. The lowest BCUT2D eigenvalue weighted by molar-refractivity contribution is 0.416. The maximum absolute atomic E-state index is 13.3. The van der Waals surface area contributed by atoms with Crippen molar-refractivity contribution in [3.05, 3.63) is 78.4 Å². The second kappa shape index (κ2) is 9.80. The Morgan fingerprint density at radius 1 is 1.00 bits per heavy atom. The highest BCUT2D eigenvalue weighted by Crippen LogP contribution is 2.31. The molecular formula is C23H25N3O3S2. The number of hydrogen-bond donors (Lipinski definition) is 2. The number of sulfonamides is 1. The molecule has 0 aliphatic rings. The third kappa shape index (κ3) is 5.34. The molecule has 3 aromatic rings. The number of benzene rings is 3. The normalized spacial score (nSPS) is 10.9. The molecule has 0 aliphatic carbocycles. The number of ether oxygens (including phenoxy) is 1. The van der Waals surface area contributed by atoms with Gasteiger partial charge in [0.25, 0.3) is 10.0 Å². The molecule has 8 heteroatoms. The van der Waals surface area contributed by atoms with Gasteiger partial charge in [0.05, 0.1) is 23.4 Å². The standard InChI is InChI=1S/C23H25N3O3S2/c1-4-26(19-8-6-5-7-9-19)31(27,28)20-14-15-22(29-3)21(16-20)25-23(30)24-18-12-10-17(2)11-13-18/h5-16H,4H2,1-3H3,(H2,24,25,30). The Balaban J connectivity index is 1.88. The summed E-state index contributed by atoms with van der Waals surface area (Å²) < 4.78 is 33.4. The Labute approximate surface area is 188 Å². The molecule has 0 amide bonds. The molecule has 0 heterocycles. The van der Waals surface area contributed by atoms with E-state index in [0.29, 0.717) is 28.8 Å². The number of methoxy groups -OCH3 is 1. The zero-order valence-electron chi connectivity index (χ0n) is 17.6. The van der Waals surface area contributed by atoms with Crippen LogP contribution in [-0.4, -0.2) is 27.2 Å². The lowest BCUT2D eigenvalue weighted by Crippen LogP contribution is -2.30. The van der Waals surface area contributed by atoms with Gasteiger partial charge >= 0.3 is 0 Å². The molecule has 2 N–H and O–H groups in total. The van der Waals surface area contributed by atoms with Gasteiger partial charge in [-0.25, -0.2) is 8.42 Å². The van der Waals surface area contributed by atoms with Gasteiger partial charge in [-0.3, -0.25) is 4.31 Å². The maximum atomic E-state index is 13.3. The van der Waals surface area contributed by atoms with Crippen LogP contribution in [0.4, 0.5) is 17.1 Å². The number of anilines is 3. The van der Waals surface area contributed by atoms with Gasteiger partial charge in [-0.15, -0.1) is 0 Å². The minimum absolute atomic E-state index is 0.139. The molecular weight excluding hydrogens is 430 g/mol. The summed E-state index contributed by atoms with van der Waals surface area (Å²) >= 11 is 5.41. The van der Waals surface area contributed by atoms with Gasteiger partial charge in [-0.05, 0) is 68.5 Å². The van der Waals surface area contributed by atoms with E-state index in [4.69, 9.17) is 17.0 Å². The number of rotatable bonds is 7. The van der Waals surface area contributed by atoms with Gasteiger partial charge in [-0.1, -0.05) is 35.9 Å². The van der Waals surface area contributed by atoms with E-state index in [1.165, 1.54) is 23.5 Å². The van der Waals surface area contributed by atoms with Gasteiger partial charge in [0.2, 0.25) is 0 Å². The Kier molecular flexibility index (Phi) is 7.14. The molecule has 0 radical (unpaired) electrons. The fourth-order valence-corrected chi connectivity index (χ4v) is 4.81. The molecule has 6 nitrogen and oxygen atoms in total. The van der Waals surface area contributed by atoms with Crippen LogP contribution in [0.1, 0.15) is 12.5 Å². The summed E-state index contributed by atoms with van der Waals surface area (Å²) in [6.07, 6.45) is 0. The summed E-state index contributed by atoms with van der Waals surface area (Å²) in [6, 6.07) is 21.5. The van der Waals surface area contributed by atoms with Crippen LogP contribution < -0.4 is 19.7 Å². The second-order valence-electron chi connectivity index (χ2n) is 6.81. The SMILES string of the molecule is CCN(c1ccccc1)S(=O)(=O)c1ccc(OC)c(NC(=S)Nc2ccc(C)cc2)c1. The summed E-state index contributed by atoms with van der Waals surface area (Å²) in [6.45, 7) is 4.11. The number of nitrogens with one attached hydrogen (secondary N) is 2. The molecule has 31 heavy (non-hydrogen) atoms. The molecule has 0 saturated carbocycles. The Bertz CT molecular complexity index is 1150. The summed E-state index contributed by atoms with van der Waals surface area (Å²) in [4.78, 5) is 0.139. The fraction of sp³-hybridized carbons (Fsp3) is 0.174. The van der Waals surface area contributed by atoms with Crippen molar-refractivity contribution in [2.75, 3.05) is 28.6 Å². The average Bonchev–Trinajstić information content (AvgIpc) is 2.76. The minimum Gasteiger partial charge on any atom is -0.495 e. The predicted octanol–water partition coefficient (Wildman–Crippen LogP) is 5.03. The Hall–Kier alpha value is -3.10. The van der Waals surface area contributed by atoms with E-state index in [0.717, 1.165) is 11.3 Å². The van der Waals surface area contributed by atoms with Crippen LogP contribution in [-0.2, 0) is 10.0 Å². The van der Waals surface area contributed by atoms with Gasteiger partial charge in [0.1, 0.15) is 5.75 Å². The van der Waals surface area contributed by atoms with Crippen LogP contribution in [0, 0.1) is 6.92 Å². The molecule has 0 saturated heterocycles. The van der Waals surface area contributed by atoms with Gasteiger partial charge in [0.15, 0.2) is 5.11 Å². The second-order valence-corrected chi connectivity index (χ2v) is 9.08. The summed E-state index contributed by atoms with van der Waals surface area (Å²) in [5.41, 5.74) is 3.03. The van der Waals surface area contributed by atoms with Crippen molar-refractivity contribution in [1.82, 2.24) is 0 Å². The number of para-hydroxylation sites is 1. The summed E-state index contributed by atoms with van der Waals surface area (Å²) in [5.74, 6) is 0.481. The third-order valence-electron chi connectivity index (χ3n) is 4.65. The molecule has 0 unspecified atom stereocenters. The van der Waals surface area contributed by atoms with Crippen LogP contribution in [0.5, 0.6) is 5.75 Å². The maximum Gasteiger partial charge on any atom is 0.264 e. The first-order chi connectivity index (χ1) is 14.8. The van der Waals surface area contributed by atoms with Crippen LogP contribution >= 0.6 is 12.2 Å². The van der Waals surface area contributed by atoms with Crippen LogP contribution in [0.2, 0.25) is 0 Å². The fourth-order valence-electron chi connectivity index (χ4n) is 3.08. The number of thiocarbonyl (C=S) groups is 1. The molecule has 162 valence electrons. The first-order valence-electron chi connectivity index (χ1n) is 9.75. The van der Waals surface area contributed by atoms with E-state index in [2.05, 4.69) is 10.6 Å².